The van der Waals surface area contributed by atoms with Crippen LogP contribution in [0.25, 0.3) is 0 Å². The van der Waals surface area contributed by atoms with E-state index < -0.39 is 18.2 Å². The summed E-state index contributed by atoms with van der Waals surface area (Å²) >= 11 is 0. The predicted molar refractivity (Wildman–Crippen MR) is 59.4 cm³/mol. The van der Waals surface area contributed by atoms with Gasteiger partial charge in [0.25, 0.3) is 0 Å². The van der Waals surface area contributed by atoms with E-state index in [4.69, 9.17) is 9.84 Å². The largest absolute Gasteiger partial charge is 0.479 e. The first-order valence-electron chi connectivity index (χ1n) is 5.59. The smallest absolute Gasteiger partial charge is 0.332 e. The van der Waals surface area contributed by atoms with Crippen molar-refractivity contribution in [3.63, 3.8) is 0 Å². The second kappa shape index (κ2) is 5.54. The van der Waals surface area contributed by atoms with Gasteiger partial charge in [-0.3, -0.25) is 4.79 Å². The molecule has 1 aliphatic heterocycles. The lowest BCUT2D eigenvalue weighted by molar-refractivity contribution is -0.151. The zero-order valence-corrected chi connectivity index (χ0v) is 9.57. The Bertz CT molecular complexity index is 437. The molecule has 2 heterocycles. The minimum atomic E-state index is -1.03. The molecule has 1 aromatic heterocycles. The normalized spacial score (nSPS) is 22.7. The summed E-state index contributed by atoms with van der Waals surface area (Å²) < 4.78 is 5.13. The lowest BCUT2D eigenvalue weighted by Crippen LogP contribution is -2.35. The van der Waals surface area contributed by atoms with E-state index in [0.717, 1.165) is 0 Å². The lowest BCUT2D eigenvalue weighted by Gasteiger charge is -2.11. The molecule has 18 heavy (non-hydrogen) atoms. The third kappa shape index (κ3) is 3.01. The topological polar surface area (TPSA) is 101 Å². The molecule has 0 spiro atoms. The Balaban J connectivity index is 1.81. The Morgan fingerprint density at radius 3 is 2.83 bits per heavy atom. The fraction of sp³-hybridized carbons (Fsp3) is 0.455. The van der Waals surface area contributed by atoms with Crippen molar-refractivity contribution in [2.45, 2.75) is 31.6 Å². The van der Waals surface area contributed by atoms with Crippen LogP contribution in [0, 0.1) is 0 Å². The summed E-state index contributed by atoms with van der Waals surface area (Å²) in [6.07, 6.45) is 0.755. The highest BCUT2D eigenvalue weighted by Crippen LogP contribution is 2.19. The van der Waals surface area contributed by atoms with Gasteiger partial charge in [-0.2, -0.15) is 10.2 Å². The number of hydrogen-bond acceptors (Lipinski definition) is 5. The van der Waals surface area contributed by atoms with Gasteiger partial charge in [0.1, 0.15) is 6.10 Å². The SMILES string of the molecule is O=C(NCc1cccnn1)[C@@H]1CC[C@H](C(=O)O)O1. The number of carboxylic acids is 1. The minimum absolute atomic E-state index is 0.254. The Kier molecular flexibility index (Phi) is 3.83. The van der Waals surface area contributed by atoms with E-state index in [1.807, 2.05) is 0 Å². The predicted octanol–water partition coefficient (Wildman–Crippen LogP) is -0.275. The number of aliphatic carboxylic acids is 1. The fourth-order valence-corrected chi connectivity index (χ4v) is 1.73. The molecule has 0 radical (unpaired) electrons. The number of hydrogen-bond donors (Lipinski definition) is 2. The van der Waals surface area contributed by atoms with E-state index in [-0.39, 0.29) is 12.5 Å². The molecule has 0 saturated carbocycles. The molecular formula is C11H13N3O4. The first-order valence-corrected chi connectivity index (χ1v) is 5.59. The van der Waals surface area contributed by atoms with Gasteiger partial charge in [0.05, 0.1) is 12.2 Å². The van der Waals surface area contributed by atoms with Crippen molar-refractivity contribution in [1.82, 2.24) is 15.5 Å². The van der Waals surface area contributed by atoms with Crippen LogP contribution in [0.1, 0.15) is 18.5 Å². The zero-order chi connectivity index (χ0) is 13.0. The molecule has 7 heteroatoms. The average Bonchev–Trinajstić information content (AvgIpc) is 2.87. The number of amides is 1. The second-order valence-corrected chi connectivity index (χ2v) is 3.96. The molecule has 7 nitrogen and oxygen atoms in total. The number of ether oxygens (including phenoxy) is 1. The van der Waals surface area contributed by atoms with Crippen LogP contribution in [-0.4, -0.2) is 39.4 Å². The van der Waals surface area contributed by atoms with Crippen molar-refractivity contribution in [2.75, 3.05) is 0 Å². The van der Waals surface area contributed by atoms with E-state index in [9.17, 15) is 9.59 Å². The van der Waals surface area contributed by atoms with Crippen LogP contribution in [0.15, 0.2) is 18.3 Å². The molecule has 2 N–H and O–H groups in total. The molecular weight excluding hydrogens is 238 g/mol. The lowest BCUT2D eigenvalue weighted by atomic mass is 10.2. The Hall–Kier alpha value is -2.02. The average molecular weight is 251 g/mol. The molecule has 2 rings (SSSR count). The van der Waals surface area contributed by atoms with Crippen LogP contribution in [-0.2, 0) is 20.9 Å². The van der Waals surface area contributed by atoms with Crippen molar-refractivity contribution in [2.24, 2.45) is 0 Å². The summed E-state index contributed by atoms with van der Waals surface area (Å²) in [7, 11) is 0. The molecule has 0 unspecified atom stereocenters. The highest BCUT2D eigenvalue weighted by molar-refractivity contribution is 5.82. The second-order valence-electron chi connectivity index (χ2n) is 3.96. The first-order chi connectivity index (χ1) is 8.66. The van der Waals surface area contributed by atoms with E-state index in [1.165, 1.54) is 0 Å². The molecule has 1 aromatic rings. The first kappa shape index (κ1) is 12.4. The number of rotatable bonds is 4. The van der Waals surface area contributed by atoms with Crippen LogP contribution < -0.4 is 5.32 Å². The van der Waals surface area contributed by atoms with Crippen molar-refractivity contribution >= 4 is 11.9 Å². The van der Waals surface area contributed by atoms with Crippen LogP contribution in [0.4, 0.5) is 0 Å². The maximum atomic E-state index is 11.7. The van der Waals surface area contributed by atoms with Gasteiger partial charge < -0.3 is 15.2 Å². The zero-order valence-electron chi connectivity index (χ0n) is 9.57. The Morgan fingerprint density at radius 1 is 1.44 bits per heavy atom. The fourth-order valence-electron chi connectivity index (χ4n) is 1.73. The monoisotopic (exact) mass is 251 g/mol. The number of carboxylic acid groups (broad SMARTS) is 1. The van der Waals surface area contributed by atoms with Crippen LogP contribution in [0.5, 0.6) is 0 Å². The number of carbonyl (C=O) groups is 2. The number of nitrogens with one attached hydrogen (secondary N) is 1. The highest BCUT2D eigenvalue weighted by atomic mass is 16.5. The van der Waals surface area contributed by atoms with Crippen LogP contribution in [0.3, 0.4) is 0 Å². The van der Waals surface area contributed by atoms with E-state index in [2.05, 4.69) is 15.5 Å². The van der Waals surface area contributed by atoms with E-state index in [1.54, 1.807) is 18.3 Å². The number of nitrogens with zero attached hydrogens (tertiary/aromatic N) is 2. The summed E-state index contributed by atoms with van der Waals surface area (Å²) in [5.74, 6) is -1.34. The number of aromatic nitrogens is 2. The van der Waals surface area contributed by atoms with Crippen molar-refractivity contribution in [3.05, 3.63) is 24.0 Å². The summed E-state index contributed by atoms with van der Waals surface area (Å²) in [6, 6.07) is 3.46. The summed E-state index contributed by atoms with van der Waals surface area (Å²) in [5, 5.41) is 18.9. The van der Waals surface area contributed by atoms with Crippen molar-refractivity contribution in [1.29, 1.82) is 0 Å². The molecule has 2 atom stereocenters. The van der Waals surface area contributed by atoms with E-state index >= 15 is 0 Å². The molecule has 96 valence electrons. The third-order valence-electron chi connectivity index (χ3n) is 2.66. The van der Waals surface area contributed by atoms with Gasteiger partial charge in [0.2, 0.25) is 5.91 Å². The van der Waals surface area contributed by atoms with Gasteiger partial charge in [-0.1, -0.05) is 0 Å². The molecule has 1 amide bonds. The van der Waals surface area contributed by atoms with Crippen LogP contribution in [0.2, 0.25) is 0 Å². The van der Waals surface area contributed by atoms with Gasteiger partial charge in [0, 0.05) is 6.20 Å². The molecule has 1 fully saturated rings. The van der Waals surface area contributed by atoms with Gasteiger partial charge in [-0.05, 0) is 25.0 Å². The molecule has 0 bridgehead atoms. The summed E-state index contributed by atoms with van der Waals surface area (Å²) in [5.41, 5.74) is 0.638. The number of carbonyl (C=O) groups excluding carboxylic acids is 1. The van der Waals surface area contributed by atoms with Crippen LogP contribution >= 0.6 is 0 Å². The van der Waals surface area contributed by atoms with E-state index in [0.29, 0.717) is 18.5 Å². The maximum Gasteiger partial charge on any atom is 0.332 e. The van der Waals surface area contributed by atoms with Gasteiger partial charge >= 0.3 is 5.97 Å². The molecule has 0 aliphatic carbocycles. The van der Waals surface area contributed by atoms with Gasteiger partial charge in [0.15, 0.2) is 6.10 Å². The maximum absolute atomic E-state index is 11.7. The summed E-state index contributed by atoms with van der Waals surface area (Å²) in [4.78, 5) is 22.4. The molecule has 0 aromatic carbocycles. The third-order valence-corrected chi connectivity index (χ3v) is 2.66. The summed E-state index contributed by atoms with van der Waals surface area (Å²) in [6.45, 7) is 0.254. The molecule has 1 aliphatic rings. The highest BCUT2D eigenvalue weighted by Gasteiger charge is 2.34. The Morgan fingerprint density at radius 2 is 2.22 bits per heavy atom. The van der Waals surface area contributed by atoms with Crippen molar-refractivity contribution < 1.29 is 19.4 Å². The van der Waals surface area contributed by atoms with Crippen molar-refractivity contribution in [3.8, 4) is 0 Å². The quantitative estimate of drug-likeness (QED) is 0.763. The minimum Gasteiger partial charge on any atom is -0.479 e. The van der Waals surface area contributed by atoms with Gasteiger partial charge in [-0.25, -0.2) is 4.79 Å². The van der Waals surface area contributed by atoms with Gasteiger partial charge in [-0.15, -0.1) is 0 Å². The standard InChI is InChI=1S/C11H13N3O4/c15-10(8-3-4-9(18-8)11(16)17)12-6-7-2-1-5-13-14-7/h1-2,5,8-9H,3-4,6H2,(H,12,15)(H,16,17)/t8-,9+/m0/s1. The Labute approximate surface area is 103 Å². The molecule has 1 saturated heterocycles.